The molecule has 1 heterocycles. The van der Waals surface area contributed by atoms with Crippen LogP contribution >= 0.6 is 0 Å². The van der Waals surface area contributed by atoms with E-state index < -0.39 is 5.60 Å². The van der Waals surface area contributed by atoms with Gasteiger partial charge < -0.3 is 9.84 Å². The van der Waals surface area contributed by atoms with Gasteiger partial charge in [0.2, 0.25) is 0 Å². The van der Waals surface area contributed by atoms with Crippen LogP contribution in [-0.2, 0) is 12.1 Å². The highest BCUT2D eigenvalue weighted by Crippen LogP contribution is 2.55. The zero-order valence-electron chi connectivity index (χ0n) is 18.9. The summed E-state index contributed by atoms with van der Waals surface area (Å²) in [7, 11) is 1.66. The third kappa shape index (κ3) is 3.20. The number of aliphatic hydroxyl groups is 1. The van der Waals surface area contributed by atoms with Crippen LogP contribution in [0.3, 0.4) is 0 Å². The number of methoxy groups -OCH3 is 1. The van der Waals surface area contributed by atoms with Crippen LogP contribution in [0.1, 0.15) is 34.7 Å². The van der Waals surface area contributed by atoms with E-state index in [1.807, 2.05) is 54.7 Å². The summed E-state index contributed by atoms with van der Waals surface area (Å²) in [4.78, 5) is 0. The summed E-state index contributed by atoms with van der Waals surface area (Å²) < 4.78 is 7.05. The number of hydrogen-bond acceptors (Lipinski definition) is 4. The zero-order valence-corrected chi connectivity index (χ0v) is 18.9. The Morgan fingerprint density at radius 1 is 0.971 bits per heavy atom. The minimum absolute atomic E-state index is 0.266. The zero-order chi connectivity index (χ0) is 23.1. The van der Waals surface area contributed by atoms with Crippen molar-refractivity contribution in [3.8, 4) is 16.9 Å². The van der Waals surface area contributed by atoms with Crippen molar-refractivity contribution >= 4 is 0 Å². The summed E-state index contributed by atoms with van der Waals surface area (Å²) in [5.74, 6) is 0.550. The van der Waals surface area contributed by atoms with Gasteiger partial charge in [-0.1, -0.05) is 84.1 Å². The number of ether oxygens (including phenoxy) is 1. The number of benzene rings is 3. The molecule has 0 radical (unpaired) electrons. The first-order valence-corrected chi connectivity index (χ1v) is 11.5. The predicted octanol–water partition coefficient (Wildman–Crippen LogP) is 5.22. The number of rotatable bonds is 6. The first-order valence-electron chi connectivity index (χ1n) is 11.5. The van der Waals surface area contributed by atoms with Gasteiger partial charge in [0.05, 0.1) is 19.9 Å². The molecule has 0 amide bonds. The lowest BCUT2D eigenvalue weighted by atomic mass is 9.73. The van der Waals surface area contributed by atoms with Crippen molar-refractivity contribution in [3.05, 3.63) is 125 Å². The molecule has 1 atom stereocenters. The second-order valence-corrected chi connectivity index (χ2v) is 8.85. The standard InChI is InChI=1S/C29H25N3O2/c1-34-22-16-14-20(15-17-22)18-32-19-27(30-31-32)29(33,21-8-2-3-9-21)28-25-12-6-4-10-23(25)24-11-5-7-13-26(24)28/h2-8,10-17,19,28,33H,9,18H2,1H3. The number of allylic oxidation sites excluding steroid dienone is 3. The van der Waals surface area contributed by atoms with Crippen molar-refractivity contribution in [2.45, 2.75) is 24.5 Å². The molecule has 1 N–H and O–H groups in total. The smallest absolute Gasteiger partial charge is 0.142 e. The van der Waals surface area contributed by atoms with E-state index in [2.05, 4.69) is 52.8 Å². The maximum Gasteiger partial charge on any atom is 0.142 e. The summed E-state index contributed by atoms with van der Waals surface area (Å²) in [6.07, 6.45) is 8.67. The minimum Gasteiger partial charge on any atom is -0.497 e. The highest BCUT2D eigenvalue weighted by Gasteiger charge is 2.49. The van der Waals surface area contributed by atoms with E-state index >= 15 is 0 Å². The molecule has 34 heavy (non-hydrogen) atoms. The van der Waals surface area contributed by atoms with Gasteiger partial charge in [-0.25, -0.2) is 4.68 Å². The number of aromatic nitrogens is 3. The Hall–Kier alpha value is -3.96. The van der Waals surface area contributed by atoms with E-state index in [-0.39, 0.29) is 5.92 Å². The molecule has 2 aliphatic rings. The lowest BCUT2D eigenvalue weighted by Crippen LogP contribution is -2.36. The largest absolute Gasteiger partial charge is 0.497 e. The molecule has 0 fully saturated rings. The van der Waals surface area contributed by atoms with E-state index in [0.29, 0.717) is 18.7 Å². The van der Waals surface area contributed by atoms with Crippen LogP contribution in [0.25, 0.3) is 11.1 Å². The van der Waals surface area contributed by atoms with Crippen molar-refractivity contribution in [1.82, 2.24) is 15.0 Å². The second-order valence-electron chi connectivity index (χ2n) is 8.85. The molecule has 0 saturated carbocycles. The van der Waals surface area contributed by atoms with Crippen LogP contribution in [0.4, 0.5) is 0 Å². The van der Waals surface area contributed by atoms with Gasteiger partial charge in [-0.05, 0) is 51.9 Å². The maximum absolute atomic E-state index is 12.6. The first-order chi connectivity index (χ1) is 16.7. The van der Waals surface area contributed by atoms with Gasteiger partial charge in [0, 0.05) is 5.92 Å². The Kier molecular flexibility index (Phi) is 4.93. The molecule has 1 aromatic heterocycles. The molecular weight excluding hydrogens is 422 g/mol. The monoisotopic (exact) mass is 447 g/mol. The number of hydrogen-bond donors (Lipinski definition) is 1. The lowest BCUT2D eigenvalue weighted by Gasteiger charge is -2.35. The molecule has 0 aliphatic heterocycles. The molecule has 0 bridgehead atoms. The molecule has 1 unspecified atom stereocenters. The second kappa shape index (κ2) is 8.12. The van der Waals surface area contributed by atoms with Gasteiger partial charge >= 0.3 is 0 Å². The van der Waals surface area contributed by atoms with Crippen LogP contribution in [-0.4, -0.2) is 27.2 Å². The average molecular weight is 448 g/mol. The Morgan fingerprint density at radius 2 is 1.65 bits per heavy atom. The third-order valence-electron chi connectivity index (χ3n) is 6.95. The van der Waals surface area contributed by atoms with Crippen LogP contribution in [0.5, 0.6) is 5.75 Å². The summed E-state index contributed by atoms with van der Waals surface area (Å²) >= 11 is 0. The molecule has 5 nitrogen and oxygen atoms in total. The Morgan fingerprint density at radius 3 is 2.26 bits per heavy atom. The number of nitrogens with zero attached hydrogens (tertiary/aromatic N) is 3. The van der Waals surface area contributed by atoms with E-state index in [4.69, 9.17) is 4.74 Å². The van der Waals surface area contributed by atoms with E-state index in [1.165, 1.54) is 11.1 Å². The van der Waals surface area contributed by atoms with Crippen LogP contribution in [0.2, 0.25) is 0 Å². The van der Waals surface area contributed by atoms with Gasteiger partial charge in [-0.3, -0.25) is 0 Å². The molecule has 2 aliphatic carbocycles. The van der Waals surface area contributed by atoms with Crippen LogP contribution in [0.15, 0.2) is 103 Å². The van der Waals surface area contributed by atoms with Crippen LogP contribution in [0, 0.1) is 0 Å². The number of fused-ring (bicyclic) bond motifs is 3. The molecule has 0 saturated heterocycles. The van der Waals surface area contributed by atoms with Crippen molar-refractivity contribution in [3.63, 3.8) is 0 Å². The third-order valence-corrected chi connectivity index (χ3v) is 6.95. The molecule has 0 spiro atoms. The molecular formula is C29H25N3O2. The summed E-state index contributed by atoms with van der Waals surface area (Å²) in [6, 6.07) is 24.6. The quantitative estimate of drug-likeness (QED) is 0.440. The Balaban J connectivity index is 1.44. The molecule has 6 rings (SSSR count). The van der Waals surface area contributed by atoms with Crippen molar-refractivity contribution < 1.29 is 9.84 Å². The molecule has 5 heteroatoms. The first kappa shape index (κ1) is 20.6. The molecule has 4 aromatic rings. The fourth-order valence-corrected chi connectivity index (χ4v) is 5.30. The lowest BCUT2D eigenvalue weighted by molar-refractivity contribution is 0.0532. The predicted molar refractivity (Wildman–Crippen MR) is 132 cm³/mol. The summed E-state index contributed by atoms with van der Waals surface area (Å²) in [6.45, 7) is 0.558. The normalized spacial score (nSPS) is 16.1. The van der Waals surface area contributed by atoms with E-state index in [0.717, 1.165) is 28.0 Å². The van der Waals surface area contributed by atoms with Gasteiger partial charge in [0.15, 0.2) is 0 Å². The van der Waals surface area contributed by atoms with Crippen molar-refractivity contribution in [2.75, 3.05) is 7.11 Å². The van der Waals surface area contributed by atoms with Crippen LogP contribution < -0.4 is 4.74 Å². The average Bonchev–Trinajstić information content (AvgIpc) is 3.64. The van der Waals surface area contributed by atoms with Crippen molar-refractivity contribution in [2.24, 2.45) is 0 Å². The fourth-order valence-electron chi connectivity index (χ4n) is 5.30. The van der Waals surface area contributed by atoms with Gasteiger partial charge in [0.25, 0.3) is 0 Å². The van der Waals surface area contributed by atoms with Gasteiger partial charge in [-0.2, -0.15) is 0 Å². The summed E-state index contributed by atoms with van der Waals surface area (Å²) in [5, 5.41) is 21.5. The molecule has 168 valence electrons. The van der Waals surface area contributed by atoms with Crippen molar-refractivity contribution in [1.29, 1.82) is 0 Å². The maximum atomic E-state index is 12.6. The fraction of sp³-hybridized carbons (Fsp3) is 0.172. The topological polar surface area (TPSA) is 60.2 Å². The van der Waals surface area contributed by atoms with E-state index in [1.54, 1.807) is 11.8 Å². The highest BCUT2D eigenvalue weighted by molar-refractivity contribution is 5.80. The summed E-state index contributed by atoms with van der Waals surface area (Å²) in [5.41, 5.74) is 5.82. The van der Waals surface area contributed by atoms with Gasteiger partial charge in [0.1, 0.15) is 17.0 Å². The highest BCUT2D eigenvalue weighted by atomic mass is 16.5. The van der Waals surface area contributed by atoms with Gasteiger partial charge in [-0.15, -0.1) is 5.10 Å². The Bertz CT molecular complexity index is 1370. The SMILES string of the molecule is COc1ccc(Cn2cc(C(O)(C3=CC=CC3)C3c4ccccc4-c4ccccc43)nn2)cc1. The van der Waals surface area contributed by atoms with E-state index in [9.17, 15) is 5.11 Å². The molecule has 3 aromatic carbocycles. The minimum atomic E-state index is -1.32. The Labute approximate surface area is 198 Å².